The average Bonchev–Trinajstić information content (AvgIpc) is 2.72. The summed E-state index contributed by atoms with van der Waals surface area (Å²) < 4.78 is 5.48. The number of carbonyl (C=O) groups excluding carboxylic acids is 1. The normalized spacial score (nSPS) is 11.3. The lowest BCUT2D eigenvalue weighted by atomic mass is 9.97. The summed E-state index contributed by atoms with van der Waals surface area (Å²) in [5.74, 6) is -0.622. The lowest BCUT2D eigenvalue weighted by molar-refractivity contribution is -0.149. The number of aromatic nitrogens is 1. The first kappa shape index (κ1) is 15.0. The maximum Gasteiger partial charge on any atom is 0.312 e. The van der Waals surface area contributed by atoms with Gasteiger partial charge in [0.25, 0.3) is 0 Å². The Morgan fingerprint density at radius 3 is 2.78 bits per heavy atom. The third-order valence-corrected chi connectivity index (χ3v) is 4.69. The van der Waals surface area contributed by atoms with E-state index in [2.05, 4.69) is 4.98 Å². The van der Waals surface area contributed by atoms with Gasteiger partial charge in [-0.05, 0) is 13.8 Å². The zero-order chi connectivity index (χ0) is 13.8. The van der Waals surface area contributed by atoms with Crippen molar-refractivity contribution in [1.82, 2.24) is 4.98 Å². The van der Waals surface area contributed by atoms with Gasteiger partial charge in [0.15, 0.2) is 0 Å². The van der Waals surface area contributed by atoms with Crippen LogP contribution in [0.25, 0.3) is 0 Å². The Labute approximate surface area is 114 Å². The van der Waals surface area contributed by atoms with Crippen molar-refractivity contribution < 1.29 is 19.4 Å². The number of carbonyl (C=O) groups is 2. The molecule has 0 bridgehead atoms. The second kappa shape index (κ2) is 6.19. The van der Waals surface area contributed by atoms with Gasteiger partial charge in [0.05, 0.1) is 24.6 Å². The number of methoxy groups -OCH3 is 1. The molecule has 0 aromatic carbocycles. The first-order valence-corrected chi connectivity index (χ1v) is 7.09. The van der Waals surface area contributed by atoms with Crippen molar-refractivity contribution in [3.05, 3.63) is 11.1 Å². The fourth-order valence-electron chi connectivity index (χ4n) is 1.17. The Balaban J connectivity index is 2.56. The highest BCUT2D eigenvalue weighted by atomic mass is 32.2. The van der Waals surface area contributed by atoms with Gasteiger partial charge >= 0.3 is 11.9 Å². The van der Waals surface area contributed by atoms with Crippen molar-refractivity contribution in [1.29, 1.82) is 0 Å². The number of carboxylic acids is 1. The summed E-state index contributed by atoms with van der Waals surface area (Å²) in [6.07, 6.45) is -0.0720. The van der Waals surface area contributed by atoms with Crippen LogP contribution in [0, 0.1) is 5.41 Å². The van der Waals surface area contributed by atoms with Gasteiger partial charge in [-0.2, -0.15) is 0 Å². The molecule has 18 heavy (non-hydrogen) atoms. The molecule has 1 aromatic rings. The molecule has 0 fully saturated rings. The van der Waals surface area contributed by atoms with E-state index in [0.717, 1.165) is 4.34 Å². The number of aliphatic carboxylic acids is 1. The molecule has 0 amide bonds. The van der Waals surface area contributed by atoms with E-state index < -0.39 is 11.4 Å². The van der Waals surface area contributed by atoms with E-state index in [-0.39, 0.29) is 12.4 Å². The van der Waals surface area contributed by atoms with Crippen LogP contribution in [0.4, 0.5) is 0 Å². The van der Waals surface area contributed by atoms with Crippen LogP contribution in [0.2, 0.25) is 0 Å². The van der Waals surface area contributed by atoms with Gasteiger partial charge in [-0.3, -0.25) is 9.59 Å². The lowest BCUT2D eigenvalue weighted by Crippen LogP contribution is -2.28. The van der Waals surface area contributed by atoms with Crippen molar-refractivity contribution in [2.24, 2.45) is 5.41 Å². The van der Waals surface area contributed by atoms with Gasteiger partial charge in [0.1, 0.15) is 4.34 Å². The van der Waals surface area contributed by atoms with Gasteiger partial charge in [-0.1, -0.05) is 11.8 Å². The summed E-state index contributed by atoms with van der Waals surface area (Å²) in [5, 5.41) is 10.4. The van der Waals surface area contributed by atoms with Crippen LogP contribution >= 0.6 is 23.1 Å². The highest BCUT2D eigenvalue weighted by Gasteiger charge is 2.29. The molecular weight excluding hydrogens is 274 g/mol. The third-order valence-electron chi connectivity index (χ3n) is 2.16. The van der Waals surface area contributed by atoms with E-state index in [1.165, 1.54) is 30.2 Å². The van der Waals surface area contributed by atoms with E-state index in [1.54, 1.807) is 19.2 Å². The first-order chi connectivity index (χ1) is 8.35. The first-order valence-electron chi connectivity index (χ1n) is 5.22. The Morgan fingerprint density at radius 2 is 2.22 bits per heavy atom. The molecule has 0 saturated heterocycles. The number of thioether (sulfide) groups is 1. The summed E-state index contributed by atoms with van der Waals surface area (Å²) in [6, 6.07) is 0. The van der Waals surface area contributed by atoms with Crippen LogP contribution in [0.15, 0.2) is 9.72 Å². The largest absolute Gasteiger partial charge is 0.481 e. The Hall–Kier alpha value is -1.08. The van der Waals surface area contributed by atoms with E-state index in [1.807, 2.05) is 0 Å². The third kappa shape index (κ3) is 4.30. The topological polar surface area (TPSA) is 76.5 Å². The molecule has 0 aliphatic heterocycles. The SMILES string of the molecule is COC(=O)C(C)(C)CSc1nc(CC(=O)O)cs1. The molecule has 1 aromatic heterocycles. The molecule has 1 N–H and O–H groups in total. The van der Waals surface area contributed by atoms with Crippen molar-refractivity contribution >= 4 is 35.0 Å². The number of thiazole rings is 1. The van der Waals surface area contributed by atoms with Crippen molar-refractivity contribution in [2.45, 2.75) is 24.6 Å². The molecule has 0 aliphatic rings. The standard InChI is InChI=1S/C11H15NO4S2/c1-11(2,9(15)16-3)6-18-10-12-7(5-17-10)4-8(13)14/h5H,4,6H2,1-3H3,(H,13,14). The number of hydrogen-bond acceptors (Lipinski definition) is 6. The Bertz CT molecular complexity index is 442. The van der Waals surface area contributed by atoms with Crippen LogP contribution in [-0.4, -0.2) is 34.9 Å². The fourth-order valence-corrected chi connectivity index (χ4v) is 3.09. The molecule has 0 radical (unpaired) electrons. The van der Waals surface area contributed by atoms with Crippen molar-refractivity contribution in [3.8, 4) is 0 Å². The molecule has 5 nitrogen and oxygen atoms in total. The van der Waals surface area contributed by atoms with Crippen molar-refractivity contribution in [2.75, 3.05) is 12.9 Å². The molecule has 1 rings (SSSR count). The van der Waals surface area contributed by atoms with E-state index in [0.29, 0.717) is 11.4 Å². The van der Waals surface area contributed by atoms with Gasteiger partial charge in [0.2, 0.25) is 0 Å². The molecule has 7 heteroatoms. The Morgan fingerprint density at radius 1 is 1.56 bits per heavy atom. The number of esters is 1. The maximum absolute atomic E-state index is 11.5. The zero-order valence-electron chi connectivity index (χ0n) is 10.4. The minimum absolute atomic E-state index is 0.0720. The lowest BCUT2D eigenvalue weighted by Gasteiger charge is -2.19. The van der Waals surface area contributed by atoms with E-state index in [4.69, 9.17) is 9.84 Å². The predicted octanol–water partition coefficient (Wildman–Crippen LogP) is 2.06. The summed E-state index contributed by atoms with van der Waals surface area (Å²) in [5.41, 5.74) is -0.0382. The molecule has 100 valence electrons. The number of nitrogens with zero attached hydrogens (tertiary/aromatic N) is 1. The molecule has 0 spiro atoms. The molecule has 1 heterocycles. The number of carboxylic acid groups (broad SMARTS) is 1. The molecule has 0 unspecified atom stereocenters. The van der Waals surface area contributed by atoms with Crippen LogP contribution in [0.1, 0.15) is 19.5 Å². The van der Waals surface area contributed by atoms with Crippen LogP contribution in [-0.2, 0) is 20.7 Å². The maximum atomic E-state index is 11.5. The van der Waals surface area contributed by atoms with Gasteiger partial charge in [-0.25, -0.2) is 4.98 Å². The average molecular weight is 289 g/mol. The summed E-state index contributed by atoms with van der Waals surface area (Å²) in [6.45, 7) is 3.61. The van der Waals surface area contributed by atoms with E-state index in [9.17, 15) is 9.59 Å². The quantitative estimate of drug-likeness (QED) is 0.638. The molecule has 0 saturated carbocycles. The van der Waals surface area contributed by atoms with E-state index >= 15 is 0 Å². The molecule has 0 aliphatic carbocycles. The summed E-state index contributed by atoms with van der Waals surface area (Å²) in [4.78, 5) is 26.2. The minimum Gasteiger partial charge on any atom is -0.481 e. The fraction of sp³-hybridized carbons (Fsp3) is 0.545. The smallest absolute Gasteiger partial charge is 0.312 e. The van der Waals surface area contributed by atoms with Gasteiger partial charge in [0, 0.05) is 11.1 Å². The number of rotatable bonds is 6. The minimum atomic E-state index is -0.897. The van der Waals surface area contributed by atoms with Crippen LogP contribution < -0.4 is 0 Å². The summed E-state index contributed by atoms with van der Waals surface area (Å²) in [7, 11) is 1.36. The van der Waals surface area contributed by atoms with Gasteiger partial charge in [-0.15, -0.1) is 11.3 Å². The monoisotopic (exact) mass is 289 g/mol. The predicted molar refractivity (Wildman–Crippen MR) is 70.0 cm³/mol. The molecular formula is C11H15NO4S2. The Kier molecular flexibility index (Phi) is 5.15. The second-order valence-electron chi connectivity index (χ2n) is 4.34. The number of hydrogen-bond donors (Lipinski definition) is 1. The van der Waals surface area contributed by atoms with Crippen molar-refractivity contribution in [3.63, 3.8) is 0 Å². The number of ether oxygens (including phenoxy) is 1. The zero-order valence-corrected chi connectivity index (χ0v) is 12.1. The highest BCUT2D eigenvalue weighted by Crippen LogP contribution is 2.30. The van der Waals surface area contributed by atoms with Crippen LogP contribution in [0.3, 0.4) is 0 Å². The second-order valence-corrected chi connectivity index (χ2v) is 6.42. The van der Waals surface area contributed by atoms with Crippen LogP contribution in [0.5, 0.6) is 0 Å². The summed E-state index contributed by atoms with van der Waals surface area (Å²) >= 11 is 2.82. The molecule has 0 atom stereocenters. The van der Waals surface area contributed by atoms with Gasteiger partial charge < -0.3 is 9.84 Å². The highest BCUT2D eigenvalue weighted by molar-refractivity contribution is 8.01.